The molecule has 1 amide bonds. The van der Waals surface area contributed by atoms with Gasteiger partial charge in [-0.2, -0.15) is 0 Å². The highest BCUT2D eigenvalue weighted by Crippen LogP contribution is 2.21. The third kappa shape index (κ3) is 4.16. The van der Waals surface area contributed by atoms with E-state index in [2.05, 4.69) is 15.3 Å². The van der Waals surface area contributed by atoms with Gasteiger partial charge in [0.15, 0.2) is 0 Å². The van der Waals surface area contributed by atoms with E-state index in [0.29, 0.717) is 11.3 Å². The van der Waals surface area contributed by atoms with Crippen molar-refractivity contribution in [3.63, 3.8) is 0 Å². The van der Waals surface area contributed by atoms with Gasteiger partial charge in [-0.05, 0) is 49.9 Å². The minimum absolute atomic E-state index is 0.0299. The average Bonchev–Trinajstić information content (AvgIpc) is 2.64. The molecular weight excluding hydrogens is 306 g/mol. The summed E-state index contributed by atoms with van der Waals surface area (Å²) in [7, 11) is 0. The van der Waals surface area contributed by atoms with Crippen molar-refractivity contribution in [1.82, 2.24) is 9.97 Å². The molecule has 1 aromatic heterocycles. The summed E-state index contributed by atoms with van der Waals surface area (Å²) in [5.74, 6) is -0.658. The molecule has 0 bridgehead atoms. The predicted molar refractivity (Wildman–Crippen MR) is 88.7 cm³/mol. The number of carbonyl (C=O) groups is 2. The molecule has 1 aliphatic rings. The van der Waals surface area contributed by atoms with Crippen molar-refractivity contribution in [2.75, 3.05) is 5.32 Å². The largest absolute Gasteiger partial charge is 0.459 e. The molecule has 2 aromatic rings. The minimum atomic E-state index is -0.347. The lowest BCUT2D eigenvalue weighted by molar-refractivity contribution is 0.0211. The maximum absolute atomic E-state index is 12.1. The zero-order valence-corrected chi connectivity index (χ0v) is 13.3. The molecule has 1 aliphatic carbocycles. The zero-order chi connectivity index (χ0) is 16.8. The van der Waals surface area contributed by atoms with Gasteiger partial charge in [-0.3, -0.25) is 9.78 Å². The monoisotopic (exact) mass is 325 g/mol. The van der Waals surface area contributed by atoms with Crippen molar-refractivity contribution >= 4 is 17.6 Å². The highest BCUT2D eigenvalue weighted by atomic mass is 16.5. The highest BCUT2D eigenvalue weighted by molar-refractivity contribution is 6.02. The third-order valence-electron chi connectivity index (χ3n) is 4.00. The molecule has 3 rings (SSSR count). The van der Waals surface area contributed by atoms with Crippen molar-refractivity contribution < 1.29 is 14.3 Å². The lowest BCUT2D eigenvalue weighted by Gasteiger charge is -2.21. The summed E-state index contributed by atoms with van der Waals surface area (Å²) in [4.78, 5) is 31.9. The molecular formula is C18H19N3O3. The fraction of sp³-hybridized carbons (Fsp3) is 0.333. The summed E-state index contributed by atoms with van der Waals surface area (Å²) in [6.07, 6.45) is 9.72. The van der Waals surface area contributed by atoms with E-state index in [1.165, 1.54) is 25.0 Å². The molecule has 6 nitrogen and oxygen atoms in total. The standard InChI is InChI=1S/C18H19N3O3/c22-17(16-12-19-10-11-20-16)21-14-8-6-13(7-9-14)18(23)24-15-4-2-1-3-5-15/h6-12,15H,1-5H2,(H,21,22). The van der Waals surface area contributed by atoms with Crippen LogP contribution < -0.4 is 5.32 Å². The number of amides is 1. The van der Waals surface area contributed by atoms with Gasteiger partial charge in [-0.25, -0.2) is 9.78 Å². The van der Waals surface area contributed by atoms with Crippen LogP contribution in [0.3, 0.4) is 0 Å². The van der Waals surface area contributed by atoms with Gasteiger partial charge >= 0.3 is 5.97 Å². The van der Waals surface area contributed by atoms with E-state index in [1.807, 2.05) is 0 Å². The smallest absolute Gasteiger partial charge is 0.338 e. The Kier molecular flexibility index (Phi) is 5.15. The maximum Gasteiger partial charge on any atom is 0.338 e. The molecule has 124 valence electrons. The number of hydrogen-bond acceptors (Lipinski definition) is 5. The van der Waals surface area contributed by atoms with Crippen LogP contribution in [0.4, 0.5) is 5.69 Å². The number of ether oxygens (including phenoxy) is 1. The molecule has 1 heterocycles. The molecule has 1 N–H and O–H groups in total. The summed E-state index contributed by atoms with van der Waals surface area (Å²) in [6.45, 7) is 0. The molecule has 0 unspecified atom stereocenters. The first-order valence-corrected chi connectivity index (χ1v) is 8.11. The molecule has 24 heavy (non-hydrogen) atoms. The Morgan fingerprint density at radius 3 is 2.46 bits per heavy atom. The minimum Gasteiger partial charge on any atom is -0.459 e. The molecule has 0 radical (unpaired) electrons. The van der Waals surface area contributed by atoms with E-state index in [1.54, 1.807) is 24.3 Å². The number of hydrogen-bond donors (Lipinski definition) is 1. The number of rotatable bonds is 4. The molecule has 0 saturated heterocycles. The fourth-order valence-corrected chi connectivity index (χ4v) is 2.70. The number of esters is 1. The van der Waals surface area contributed by atoms with E-state index in [-0.39, 0.29) is 23.7 Å². The van der Waals surface area contributed by atoms with Crippen LogP contribution in [0.5, 0.6) is 0 Å². The van der Waals surface area contributed by atoms with Crippen LogP contribution in [0.15, 0.2) is 42.9 Å². The van der Waals surface area contributed by atoms with Crippen LogP contribution >= 0.6 is 0 Å². The third-order valence-corrected chi connectivity index (χ3v) is 4.00. The summed E-state index contributed by atoms with van der Waals surface area (Å²) in [5.41, 5.74) is 1.30. The second kappa shape index (κ2) is 7.68. The van der Waals surface area contributed by atoms with Gasteiger partial charge in [-0.1, -0.05) is 6.42 Å². The quantitative estimate of drug-likeness (QED) is 0.873. The van der Waals surface area contributed by atoms with Crippen LogP contribution in [-0.2, 0) is 4.74 Å². The lowest BCUT2D eigenvalue weighted by atomic mass is 9.98. The first-order chi connectivity index (χ1) is 11.7. The van der Waals surface area contributed by atoms with Crippen LogP contribution in [0.25, 0.3) is 0 Å². The van der Waals surface area contributed by atoms with Gasteiger partial charge in [0.1, 0.15) is 11.8 Å². The van der Waals surface area contributed by atoms with Crippen molar-refractivity contribution in [3.05, 3.63) is 54.1 Å². The van der Waals surface area contributed by atoms with Crippen molar-refractivity contribution in [2.24, 2.45) is 0 Å². The molecule has 6 heteroatoms. The molecule has 1 aromatic carbocycles. The number of benzene rings is 1. The zero-order valence-electron chi connectivity index (χ0n) is 13.3. The van der Waals surface area contributed by atoms with Crippen LogP contribution in [0, 0.1) is 0 Å². The van der Waals surface area contributed by atoms with E-state index < -0.39 is 0 Å². The normalized spacial score (nSPS) is 14.8. The Balaban J connectivity index is 1.58. The van der Waals surface area contributed by atoms with Crippen molar-refractivity contribution in [2.45, 2.75) is 38.2 Å². The molecule has 1 saturated carbocycles. The summed E-state index contributed by atoms with van der Waals surface area (Å²) >= 11 is 0. The van der Waals surface area contributed by atoms with Crippen LogP contribution in [0.2, 0.25) is 0 Å². The maximum atomic E-state index is 12.1. The van der Waals surface area contributed by atoms with E-state index in [9.17, 15) is 9.59 Å². The predicted octanol–water partition coefficient (Wildman–Crippen LogP) is 3.22. The Morgan fingerprint density at radius 1 is 1.04 bits per heavy atom. The van der Waals surface area contributed by atoms with Gasteiger partial charge in [0.05, 0.1) is 11.8 Å². The number of nitrogens with zero attached hydrogens (tertiary/aromatic N) is 2. The van der Waals surface area contributed by atoms with E-state index >= 15 is 0 Å². The Labute approximate surface area is 140 Å². The van der Waals surface area contributed by atoms with E-state index in [0.717, 1.165) is 25.7 Å². The van der Waals surface area contributed by atoms with Crippen LogP contribution in [0.1, 0.15) is 53.0 Å². The summed E-state index contributed by atoms with van der Waals surface area (Å²) < 4.78 is 5.52. The average molecular weight is 325 g/mol. The van der Waals surface area contributed by atoms with Crippen molar-refractivity contribution in [1.29, 1.82) is 0 Å². The Bertz CT molecular complexity index is 695. The van der Waals surface area contributed by atoms with Crippen molar-refractivity contribution in [3.8, 4) is 0 Å². The van der Waals surface area contributed by atoms with Gasteiger partial charge in [0.25, 0.3) is 5.91 Å². The summed E-state index contributed by atoms with van der Waals surface area (Å²) in [5, 5.41) is 2.71. The second-order valence-electron chi connectivity index (χ2n) is 5.79. The van der Waals surface area contributed by atoms with Gasteiger partial charge < -0.3 is 10.1 Å². The number of nitrogens with one attached hydrogen (secondary N) is 1. The molecule has 0 aliphatic heterocycles. The Hall–Kier alpha value is -2.76. The number of carbonyl (C=O) groups excluding carboxylic acids is 2. The molecule has 1 fully saturated rings. The summed E-state index contributed by atoms with van der Waals surface area (Å²) in [6, 6.07) is 6.65. The first-order valence-electron chi connectivity index (χ1n) is 8.11. The number of anilines is 1. The molecule has 0 spiro atoms. The van der Waals surface area contributed by atoms with Crippen LogP contribution in [-0.4, -0.2) is 27.9 Å². The first kappa shape index (κ1) is 16.1. The lowest BCUT2D eigenvalue weighted by Crippen LogP contribution is -2.21. The fourth-order valence-electron chi connectivity index (χ4n) is 2.70. The number of aromatic nitrogens is 2. The van der Waals surface area contributed by atoms with Gasteiger partial charge in [-0.15, -0.1) is 0 Å². The highest BCUT2D eigenvalue weighted by Gasteiger charge is 2.18. The second-order valence-corrected chi connectivity index (χ2v) is 5.79. The van der Waals surface area contributed by atoms with Gasteiger partial charge in [0.2, 0.25) is 0 Å². The SMILES string of the molecule is O=C(OC1CCCCC1)c1ccc(NC(=O)c2cnccn2)cc1. The topological polar surface area (TPSA) is 81.2 Å². The molecule has 0 atom stereocenters. The Morgan fingerprint density at radius 2 is 1.79 bits per heavy atom. The van der Waals surface area contributed by atoms with E-state index in [4.69, 9.17) is 4.74 Å². The van der Waals surface area contributed by atoms with Gasteiger partial charge in [0, 0.05) is 18.1 Å².